The molecule has 0 spiro atoms. The molecular weight excluding hydrogens is 372 g/mol. The fourth-order valence-corrected chi connectivity index (χ4v) is 3.46. The Morgan fingerprint density at radius 2 is 1.53 bits per heavy atom. The highest BCUT2D eigenvalue weighted by Crippen LogP contribution is 2.40. The third-order valence-corrected chi connectivity index (χ3v) is 4.79. The zero-order valence-electron chi connectivity index (χ0n) is 18.9. The van der Waals surface area contributed by atoms with E-state index in [0.29, 0.717) is 18.6 Å². The fraction of sp³-hybridized carbons (Fsp3) is 0.346. The normalized spacial score (nSPS) is 13.9. The van der Waals surface area contributed by atoms with Gasteiger partial charge in [0.2, 0.25) is 0 Å². The first-order valence-electron chi connectivity index (χ1n) is 10.9. The molecule has 0 saturated carbocycles. The number of rotatable bonds is 4. The molecule has 0 N–H and O–H groups in total. The number of fused-ring (bicyclic) bond motifs is 3. The lowest BCUT2D eigenvalue weighted by atomic mass is 9.93. The molecule has 1 aliphatic heterocycles. The van der Waals surface area contributed by atoms with Crippen LogP contribution in [0.4, 0.5) is 0 Å². The van der Waals surface area contributed by atoms with Crippen molar-refractivity contribution >= 4 is 11.5 Å². The van der Waals surface area contributed by atoms with E-state index >= 15 is 0 Å². The zero-order chi connectivity index (χ0) is 22.1. The van der Waals surface area contributed by atoms with E-state index < -0.39 is 0 Å². The second kappa shape index (κ2) is 11.2. The summed E-state index contributed by atoms with van der Waals surface area (Å²) in [5.41, 5.74) is 5.80. The number of hydrogen-bond acceptors (Lipinski definition) is 4. The molecule has 4 heteroatoms. The van der Waals surface area contributed by atoms with Crippen molar-refractivity contribution in [1.82, 2.24) is 5.16 Å². The molecule has 0 fully saturated rings. The summed E-state index contributed by atoms with van der Waals surface area (Å²) in [5.74, 6) is 0.847. The number of hydrogen-bond donors (Lipinski definition) is 0. The van der Waals surface area contributed by atoms with Gasteiger partial charge in [-0.3, -0.25) is 9.79 Å². The summed E-state index contributed by atoms with van der Waals surface area (Å²) in [4.78, 5) is 17.2. The fourth-order valence-electron chi connectivity index (χ4n) is 3.46. The van der Waals surface area contributed by atoms with Crippen LogP contribution in [0.25, 0.3) is 11.1 Å². The Hall–Kier alpha value is -3.01. The van der Waals surface area contributed by atoms with Gasteiger partial charge >= 0.3 is 0 Å². The maximum absolute atomic E-state index is 12.2. The van der Waals surface area contributed by atoms with Crippen LogP contribution in [0.2, 0.25) is 0 Å². The molecule has 0 radical (unpaired) electrons. The van der Waals surface area contributed by atoms with E-state index in [1.807, 2.05) is 84.0 Å². The van der Waals surface area contributed by atoms with E-state index in [1.165, 1.54) is 0 Å². The number of carbonyl (C=O) groups excluding carboxylic acids is 1. The largest absolute Gasteiger partial charge is 0.358 e. The molecular formula is C26H32N2O2. The van der Waals surface area contributed by atoms with Crippen LogP contribution >= 0.6 is 0 Å². The van der Waals surface area contributed by atoms with Gasteiger partial charge in [-0.2, -0.15) is 0 Å². The molecule has 0 saturated heterocycles. The van der Waals surface area contributed by atoms with E-state index in [2.05, 4.69) is 17.3 Å². The van der Waals surface area contributed by atoms with Gasteiger partial charge in [-0.05, 0) is 12.5 Å². The highest BCUT2D eigenvalue weighted by molar-refractivity contribution is 6.17. The van der Waals surface area contributed by atoms with Crippen LogP contribution in [0.15, 0.2) is 64.1 Å². The van der Waals surface area contributed by atoms with Crippen LogP contribution in [-0.2, 0) is 4.79 Å². The number of carbonyl (C=O) groups is 1. The summed E-state index contributed by atoms with van der Waals surface area (Å²) in [6, 6.07) is 17.9. The number of benzene rings is 2. The maximum Gasteiger partial charge on any atom is 0.169 e. The molecule has 4 rings (SSSR count). The van der Waals surface area contributed by atoms with Crippen molar-refractivity contribution in [3.05, 3.63) is 77.2 Å². The molecule has 30 heavy (non-hydrogen) atoms. The monoisotopic (exact) mass is 404 g/mol. The second-order valence-corrected chi connectivity index (χ2v) is 6.51. The molecule has 4 nitrogen and oxygen atoms in total. The Kier molecular flexibility index (Phi) is 8.72. The highest BCUT2D eigenvalue weighted by Gasteiger charge is 2.31. The molecule has 0 unspecified atom stereocenters. The van der Waals surface area contributed by atoms with Gasteiger partial charge in [0, 0.05) is 24.0 Å². The Morgan fingerprint density at radius 3 is 2.17 bits per heavy atom. The van der Waals surface area contributed by atoms with Crippen LogP contribution in [0.1, 0.15) is 76.1 Å². The lowest BCUT2D eigenvalue weighted by Gasteiger charge is -2.11. The van der Waals surface area contributed by atoms with Crippen LogP contribution in [0.3, 0.4) is 0 Å². The van der Waals surface area contributed by atoms with Crippen molar-refractivity contribution in [1.29, 1.82) is 0 Å². The van der Waals surface area contributed by atoms with Gasteiger partial charge in [-0.25, -0.2) is 0 Å². The minimum atomic E-state index is -0.360. The van der Waals surface area contributed by atoms with Gasteiger partial charge in [0.15, 0.2) is 5.76 Å². The summed E-state index contributed by atoms with van der Waals surface area (Å²) in [6.45, 7) is 11.8. The molecule has 2 aromatic carbocycles. The Balaban J connectivity index is 0.000000757. The molecule has 0 amide bonds. The van der Waals surface area contributed by atoms with Crippen LogP contribution < -0.4 is 0 Å². The van der Waals surface area contributed by atoms with Crippen molar-refractivity contribution in [2.45, 2.75) is 60.4 Å². The van der Waals surface area contributed by atoms with Crippen molar-refractivity contribution in [2.24, 2.45) is 4.99 Å². The summed E-state index contributed by atoms with van der Waals surface area (Å²) in [7, 11) is 0. The first-order chi connectivity index (χ1) is 14.7. The number of aromatic nitrogens is 1. The molecule has 1 aliphatic rings. The van der Waals surface area contributed by atoms with E-state index in [4.69, 9.17) is 9.52 Å². The molecule has 1 atom stereocenters. The summed E-state index contributed by atoms with van der Waals surface area (Å²) < 4.78 is 5.66. The smallest absolute Gasteiger partial charge is 0.169 e. The molecule has 1 aromatic heterocycles. The Morgan fingerprint density at radius 1 is 0.933 bits per heavy atom. The van der Waals surface area contributed by atoms with Crippen molar-refractivity contribution in [3.8, 4) is 11.1 Å². The van der Waals surface area contributed by atoms with E-state index in [-0.39, 0.29) is 11.8 Å². The van der Waals surface area contributed by atoms with E-state index in [0.717, 1.165) is 33.7 Å². The quantitative estimate of drug-likeness (QED) is 0.472. The standard InChI is InChI=1S/C22H20N2O2.2C2H6/c1-3-16(25)13-19-22-20(14(2)24-26-22)17-11-7-8-12-18(17)21(23-19)15-9-5-4-6-10-15;2*1-2/h4-12,19H,3,13H2,1-2H3;2*1-2H3/t19-;;/m0../s1. The van der Waals surface area contributed by atoms with E-state index in [1.54, 1.807) is 0 Å². The van der Waals surface area contributed by atoms with Crippen LogP contribution in [0, 0.1) is 6.92 Å². The molecule has 2 heterocycles. The number of nitrogens with zero attached hydrogens (tertiary/aromatic N) is 2. The minimum Gasteiger partial charge on any atom is -0.358 e. The van der Waals surface area contributed by atoms with Gasteiger partial charge in [0.05, 0.1) is 17.0 Å². The van der Waals surface area contributed by atoms with Gasteiger partial charge < -0.3 is 4.52 Å². The number of ketones is 1. The lowest BCUT2D eigenvalue weighted by Crippen LogP contribution is -2.08. The van der Waals surface area contributed by atoms with Crippen molar-refractivity contribution in [3.63, 3.8) is 0 Å². The van der Waals surface area contributed by atoms with Gasteiger partial charge in [0.25, 0.3) is 0 Å². The number of aryl methyl sites for hydroxylation is 1. The highest BCUT2D eigenvalue weighted by atomic mass is 16.5. The topological polar surface area (TPSA) is 55.5 Å². The summed E-state index contributed by atoms with van der Waals surface area (Å²) in [6.07, 6.45) is 0.810. The SMILES string of the molecule is CC.CC.CCC(=O)C[C@@H]1N=C(c2ccccc2)c2ccccc2-c2c(C)noc21. The van der Waals surface area contributed by atoms with Crippen molar-refractivity contribution in [2.75, 3.05) is 0 Å². The average Bonchev–Trinajstić information content (AvgIpc) is 3.14. The summed E-state index contributed by atoms with van der Waals surface area (Å²) >= 11 is 0. The Bertz CT molecular complexity index is 987. The van der Waals surface area contributed by atoms with Crippen molar-refractivity contribution < 1.29 is 9.32 Å². The minimum absolute atomic E-state index is 0.164. The molecule has 0 aliphatic carbocycles. The number of Topliss-reactive ketones (excluding diaryl/α,β-unsaturated/α-hetero) is 1. The van der Waals surface area contributed by atoms with Crippen LogP contribution in [0.5, 0.6) is 0 Å². The lowest BCUT2D eigenvalue weighted by molar-refractivity contribution is -0.119. The second-order valence-electron chi connectivity index (χ2n) is 6.51. The van der Waals surface area contributed by atoms with Crippen LogP contribution in [-0.4, -0.2) is 16.7 Å². The van der Waals surface area contributed by atoms with Gasteiger partial charge in [0.1, 0.15) is 11.8 Å². The van der Waals surface area contributed by atoms with E-state index in [9.17, 15) is 4.79 Å². The van der Waals surface area contributed by atoms with Gasteiger partial charge in [-0.1, -0.05) is 94.4 Å². The molecule has 158 valence electrons. The number of aliphatic imine (C=N–C) groups is 1. The first kappa shape index (κ1) is 23.3. The predicted octanol–water partition coefficient (Wildman–Crippen LogP) is 6.96. The molecule has 3 aromatic rings. The predicted molar refractivity (Wildman–Crippen MR) is 124 cm³/mol. The third kappa shape index (κ3) is 4.76. The zero-order valence-corrected chi connectivity index (χ0v) is 18.9. The maximum atomic E-state index is 12.2. The first-order valence-corrected chi connectivity index (χ1v) is 10.9. The van der Waals surface area contributed by atoms with Gasteiger partial charge in [-0.15, -0.1) is 0 Å². The Labute approximate surface area is 180 Å². The third-order valence-electron chi connectivity index (χ3n) is 4.79. The molecule has 0 bridgehead atoms. The summed E-state index contributed by atoms with van der Waals surface area (Å²) in [5, 5.41) is 4.16. The average molecular weight is 405 g/mol.